The van der Waals surface area contributed by atoms with Crippen LogP contribution >= 0.6 is 22.9 Å². The Morgan fingerprint density at radius 1 is 0.864 bits per heavy atom. The molecular weight excluding hydrogens is 316 g/mol. The largest absolute Gasteiger partial charge is 0.448 e. The molecule has 0 spiro atoms. The number of hydrogen-bond donors (Lipinski definition) is 0. The second-order valence-electron chi connectivity index (χ2n) is 4.71. The fourth-order valence-corrected chi connectivity index (χ4v) is 3.10. The van der Waals surface area contributed by atoms with Gasteiger partial charge in [-0.05, 0) is 23.3 Å². The summed E-state index contributed by atoms with van der Waals surface area (Å²) in [7, 11) is 0. The molecule has 3 rings (SSSR count). The van der Waals surface area contributed by atoms with Crippen LogP contribution in [0.5, 0.6) is 0 Å². The molecule has 0 amide bonds. The van der Waals surface area contributed by atoms with Crippen molar-refractivity contribution in [1.29, 1.82) is 0 Å². The maximum absolute atomic E-state index is 12.3. The minimum absolute atomic E-state index is 0.366. The molecule has 0 radical (unpaired) electrons. The van der Waals surface area contributed by atoms with Crippen LogP contribution in [0.25, 0.3) is 0 Å². The summed E-state index contributed by atoms with van der Waals surface area (Å²) in [5, 5.41) is 0. The van der Waals surface area contributed by atoms with Crippen molar-refractivity contribution in [2.24, 2.45) is 0 Å². The van der Waals surface area contributed by atoms with Gasteiger partial charge in [0.2, 0.25) is 0 Å². The number of hydrogen-bond acceptors (Lipinski definition) is 3. The lowest BCUT2D eigenvalue weighted by atomic mass is 10.0. The van der Waals surface area contributed by atoms with E-state index in [1.165, 1.54) is 11.3 Å². The zero-order valence-electron chi connectivity index (χ0n) is 11.6. The highest BCUT2D eigenvalue weighted by atomic mass is 35.5. The van der Waals surface area contributed by atoms with Gasteiger partial charge in [0.1, 0.15) is 4.88 Å². The molecule has 0 fully saturated rings. The Hall–Kier alpha value is -2.10. The third-order valence-corrected chi connectivity index (χ3v) is 4.42. The van der Waals surface area contributed by atoms with Crippen molar-refractivity contribution in [1.82, 2.24) is 0 Å². The van der Waals surface area contributed by atoms with Gasteiger partial charge in [-0.25, -0.2) is 4.79 Å². The summed E-state index contributed by atoms with van der Waals surface area (Å²) < 4.78 is 6.31. The maximum Gasteiger partial charge on any atom is 0.349 e. The topological polar surface area (TPSA) is 26.3 Å². The number of halogens is 1. The number of ether oxygens (including phenoxy) is 1. The SMILES string of the molecule is O=C(OC(c1ccccc1)c1ccccc1)c1ccc(Cl)s1. The molecule has 0 atom stereocenters. The molecule has 2 nitrogen and oxygen atoms in total. The normalized spacial score (nSPS) is 10.6. The lowest BCUT2D eigenvalue weighted by Gasteiger charge is -2.18. The zero-order valence-corrected chi connectivity index (χ0v) is 13.2. The van der Waals surface area contributed by atoms with Gasteiger partial charge >= 0.3 is 5.97 Å². The van der Waals surface area contributed by atoms with Crippen LogP contribution in [0.3, 0.4) is 0 Å². The summed E-state index contributed by atoms with van der Waals surface area (Å²) in [4.78, 5) is 12.8. The first-order chi connectivity index (χ1) is 10.7. The van der Waals surface area contributed by atoms with Crippen LogP contribution in [0.4, 0.5) is 0 Å². The van der Waals surface area contributed by atoms with E-state index in [0.29, 0.717) is 9.21 Å². The van der Waals surface area contributed by atoms with E-state index >= 15 is 0 Å². The molecular formula is C18H13ClO2S. The van der Waals surface area contributed by atoms with Gasteiger partial charge in [-0.1, -0.05) is 72.3 Å². The van der Waals surface area contributed by atoms with Crippen molar-refractivity contribution in [2.45, 2.75) is 6.10 Å². The van der Waals surface area contributed by atoms with Crippen LogP contribution in [0, 0.1) is 0 Å². The van der Waals surface area contributed by atoms with Gasteiger partial charge in [0.25, 0.3) is 0 Å². The lowest BCUT2D eigenvalue weighted by Crippen LogP contribution is -2.12. The third kappa shape index (κ3) is 3.38. The van der Waals surface area contributed by atoms with Gasteiger partial charge < -0.3 is 4.74 Å². The second-order valence-corrected chi connectivity index (χ2v) is 6.43. The van der Waals surface area contributed by atoms with Crippen LogP contribution in [0.2, 0.25) is 4.34 Å². The molecule has 0 unspecified atom stereocenters. The molecule has 0 aliphatic rings. The minimum atomic E-state index is -0.434. The van der Waals surface area contributed by atoms with Crippen molar-refractivity contribution in [3.63, 3.8) is 0 Å². The smallest absolute Gasteiger partial charge is 0.349 e. The number of rotatable bonds is 4. The zero-order chi connectivity index (χ0) is 15.4. The Labute approximate surface area is 137 Å². The maximum atomic E-state index is 12.3. The lowest BCUT2D eigenvalue weighted by molar-refractivity contribution is 0.0384. The first-order valence-corrected chi connectivity index (χ1v) is 8.00. The van der Waals surface area contributed by atoms with E-state index in [1.807, 2.05) is 60.7 Å². The van der Waals surface area contributed by atoms with Crippen LogP contribution in [-0.4, -0.2) is 5.97 Å². The van der Waals surface area contributed by atoms with Gasteiger partial charge in [0.05, 0.1) is 4.34 Å². The Morgan fingerprint density at radius 3 is 1.86 bits per heavy atom. The van der Waals surface area contributed by atoms with Crippen LogP contribution < -0.4 is 0 Å². The molecule has 0 aliphatic heterocycles. The molecule has 3 aromatic rings. The Kier molecular flexibility index (Phi) is 4.56. The van der Waals surface area contributed by atoms with Crippen LogP contribution in [0.15, 0.2) is 72.8 Å². The highest BCUT2D eigenvalue weighted by molar-refractivity contribution is 7.17. The summed E-state index contributed by atoms with van der Waals surface area (Å²) in [6, 6.07) is 22.8. The first kappa shape index (κ1) is 14.8. The van der Waals surface area contributed by atoms with Gasteiger partial charge in [-0.2, -0.15) is 0 Å². The number of carbonyl (C=O) groups excluding carboxylic acids is 1. The van der Waals surface area contributed by atoms with Gasteiger partial charge in [0.15, 0.2) is 6.10 Å². The Balaban J connectivity index is 1.91. The second kappa shape index (κ2) is 6.77. The van der Waals surface area contributed by atoms with Crippen molar-refractivity contribution < 1.29 is 9.53 Å². The van der Waals surface area contributed by atoms with Gasteiger partial charge in [-0.3, -0.25) is 0 Å². The van der Waals surface area contributed by atoms with E-state index in [4.69, 9.17) is 16.3 Å². The van der Waals surface area contributed by atoms with Gasteiger partial charge in [0, 0.05) is 0 Å². The van der Waals surface area contributed by atoms with Crippen molar-refractivity contribution in [3.8, 4) is 0 Å². The molecule has 1 aromatic heterocycles. The average molecular weight is 329 g/mol. The quantitative estimate of drug-likeness (QED) is 0.604. The van der Waals surface area contributed by atoms with Crippen molar-refractivity contribution in [2.75, 3.05) is 0 Å². The summed E-state index contributed by atoms with van der Waals surface area (Å²) in [5.74, 6) is -0.366. The predicted octanol–water partition coefficient (Wildman–Crippen LogP) is 5.35. The summed E-state index contributed by atoms with van der Waals surface area (Å²) in [6.07, 6.45) is -0.434. The number of thiophene rings is 1. The highest BCUT2D eigenvalue weighted by Gasteiger charge is 2.20. The standard InChI is InChI=1S/C18H13ClO2S/c19-16-12-11-15(22-16)18(20)21-17(13-7-3-1-4-8-13)14-9-5-2-6-10-14/h1-12,17H. The monoisotopic (exact) mass is 328 g/mol. The summed E-state index contributed by atoms with van der Waals surface area (Å²) >= 11 is 7.10. The molecule has 0 aliphatic carbocycles. The molecule has 110 valence electrons. The molecule has 22 heavy (non-hydrogen) atoms. The number of esters is 1. The highest BCUT2D eigenvalue weighted by Crippen LogP contribution is 2.29. The predicted molar refractivity (Wildman–Crippen MR) is 89.5 cm³/mol. The van der Waals surface area contributed by atoms with E-state index < -0.39 is 6.10 Å². The van der Waals surface area contributed by atoms with E-state index in [-0.39, 0.29) is 5.97 Å². The molecule has 2 aromatic carbocycles. The fraction of sp³-hybridized carbons (Fsp3) is 0.0556. The Bertz CT molecular complexity index is 714. The van der Waals surface area contributed by atoms with Crippen molar-refractivity contribution in [3.05, 3.63) is 93.1 Å². The van der Waals surface area contributed by atoms with Crippen LogP contribution in [-0.2, 0) is 4.74 Å². The first-order valence-electron chi connectivity index (χ1n) is 6.80. The molecule has 0 N–H and O–H groups in total. The summed E-state index contributed by atoms with van der Waals surface area (Å²) in [5.41, 5.74) is 1.87. The molecule has 1 heterocycles. The average Bonchev–Trinajstić information content (AvgIpc) is 3.01. The van der Waals surface area contributed by atoms with E-state index in [0.717, 1.165) is 11.1 Å². The third-order valence-electron chi connectivity index (χ3n) is 3.20. The number of carbonyl (C=O) groups is 1. The minimum Gasteiger partial charge on any atom is -0.448 e. The summed E-state index contributed by atoms with van der Waals surface area (Å²) in [6.45, 7) is 0. The molecule has 0 bridgehead atoms. The molecule has 0 saturated carbocycles. The van der Waals surface area contributed by atoms with E-state index in [9.17, 15) is 4.79 Å². The number of benzene rings is 2. The van der Waals surface area contributed by atoms with Crippen molar-refractivity contribution >= 4 is 28.9 Å². The van der Waals surface area contributed by atoms with Crippen LogP contribution in [0.1, 0.15) is 26.9 Å². The van der Waals surface area contributed by atoms with E-state index in [1.54, 1.807) is 12.1 Å². The molecule has 0 saturated heterocycles. The van der Waals surface area contributed by atoms with E-state index in [2.05, 4.69) is 0 Å². The fourth-order valence-electron chi connectivity index (χ4n) is 2.17. The van der Waals surface area contributed by atoms with Gasteiger partial charge in [-0.15, -0.1) is 11.3 Å². The molecule has 4 heteroatoms. The Morgan fingerprint density at radius 2 is 1.41 bits per heavy atom.